The monoisotopic (exact) mass is 256 g/mol. The third-order valence-corrected chi connectivity index (χ3v) is 2.96. The van der Waals surface area contributed by atoms with Crippen LogP contribution in [0.3, 0.4) is 0 Å². The van der Waals surface area contributed by atoms with E-state index in [0.717, 1.165) is 10.9 Å². The second-order valence-electron chi connectivity index (χ2n) is 4.27. The number of carbonyl (C=O) groups excluding carboxylic acids is 1. The van der Waals surface area contributed by atoms with Crippen molar-refractivity contribution in [2.24, 2.45) is 0 Å². The number of fused-ring (bicyclic) bond motifs is 1. The highest BCUT2D eigenvalue weighted by Gasteiger charge is 2.17. The summed E-state index contributed by atoms with van der Waals surface area (Å²) in [6.45, 7) is 3.52. The third-order valence-electron chi connectivity index (χ3n) is 2.96. The molecule has 0 atom stereocenters. The molecule has 3 aromatic rings. The smallest absolute Gasteiger partial charge is 0.276 e. The van der Waals surface area contributed by atoms with Crippen LogP contribution < -0.4 is 5.32 Å². The molecule has 96 valence electrons. The Morgan fingerprint density at radius 2 is 2.11 bits per heavy atom. The average molecular weight is 256 g/mol. The predicted octanol–water partition coefficient (Wildman–Crippen LogP) is 2.42. The van der Waals surface area contributed by atoms with E-state index in [1.807, 2.05) is 24.3 Å². The van der Waals surface area contributed by atoms with Crippen LogP contribution in [-0.4, -0.2) is 21.3 Å². The summed E-state index contributed by atoms with van der Waals surface area (Å²) in [7, 11) is 0. The molecule has 19 heavy (non-hydrogen) atoms. The fraction of sp³-hybridized carbons (Fsp3) is 0.154. The van der Waals surface area contributed by atoms with Crippen molar-refractivity contribution in [2.75, 3.05) is 5.32 Å². The molecule has 0 radical (unpaired) electrons. The summed E-state index contributed by atoms with van der Waals surface area (Å²) in [6.07, 6.45) is 0. The van der Waals surface area contributed by atoms with Gasteiger partial charge in [0.25, 0.3) is 5.91 Å². The Balaban J connectivity index is 1.97. The van der Waals surface area contributed by atoms with E-state index in [1.165, 1.54) is 0 Å². The molecular weight excluding hydrogens is 244 g/mol. The van der Waals surface area contributed by atoms with Gasteiger partial charge in [-0.05, 0) is 19.9 Å². The second-order valence-corrected chi connectivity index (χ2v) is 4.27. The lowest BCUT2D eigenvalue weighted by atomic mass is 10.2. The minimum atomic E-state index is -0.285. The van der Waals surface area contributed by atoms with E-state index in [9.17, 15) is 4.79 Å². The minimum absolute atomic E-state index is 0.285. The molecular formula is C13H12N4O2. The standard InChI is InChI=1S/C13H12N4O2/c1-7-11(8(2)19-17-7)14-13(18)12-9-5-3-4-6-10(9)15-16-12/h3-6H,1-2H3,(H,14,18)(H,15,16). The summed E-state index contributed by atoms with van der Waals surface area (Å²) in [5.41, 5.74) is 2.42. The van der Waals surface area contributed by atoms with Gasteiger partial charge in [0.2, 0.25) is 0 Å². The van der Waals surface area contributed by atoms with Gasteiger partial charge < -0.3 is 9.84 Å². The molecule has 2 heterocycles. The van der Waals surface area contributed by atoms with Crippen molar-refractivity contribution in [3.05, 3.63) is 41.4 Å². The Labute approximate surface area is 108 Å². The summed E-state index contributed by atoms with van der Waals surface area (Å²) < 4.78 is 5.01. The first kappa shape index (κ1) is 11.5. The van der Waals surface area contributed by atoms with Gasteiger partial charge in [-0.2, -0.15) is 5.10 Å². The van der Waals surface area contributed by atoms with Crippen LogP contribution >= 0.6 is 0 Å². The van der Waals surface area contributed by atoms with Crippen LogP contribution in [0.2, 0.25) is 0 Å². The number of anilines is 1. The zero-order valence-electron chi connectivity index (χ0n) is 10.5. The molecule has 6 heteroatoms. The van der Waals surface area contributed by atoms with Gasteiger partial charge >= 0.3 is 0 Å². The fourth-order valence-electron chi connectivity index (χ4n) is 1.97. The zero-order valence-corrected chi connectivity index (χ0v) is 10.5. The highest BCUT2D eigenvalue weighted by molar-refractivity contribution is 6.11. The van der Waals surface area contributed by atoms with Gasteiger partial charge in [0.15, 0.2) is 11.5 Å². The van der Waals surface area contributed by atoms with Crippen LogP contribution in [0, 0.1) is 13.8 Å². The lowest BCUT2D eigenvalue weighted by Crippen LogP contribution is -2.13. The van der Waals surface area contributed by atoms with Gasteiger partial charge in [-0.15, -0.1) is 0 Å². The van der Waals surface area contributed by atoms with Crippen molar-refractivity contribution in [3.63, 3.8) is 0 Å². The number of aryl methyl sites for hydroxylation is 2. The Morgan fingerprint density at radius 3 is 2.84 bits per heavy atom. The molecule has 6 nitrogen and oxygen atoms in total. The molecule has 1 aromatic carbocycles. The maximum atomic E-state index is 12.2. The zero-order chi connectivity index (χ0) is 13.4. The van der Waals surface area contributed by atoms with Crippen molar-refractivity contribution in [1.29, 1.82) is 0 Å². The lowest BCUT2D eigenvalue weighted by Gasteiger charge is -2.01. The van der Waals surface area contributed by atoms with Crippen LogP contribution in [0.4, 0.5) is 5.69 Å². The SMILES string of the molecule is Cc1noc(C)c1NC(=O)c1n[nH]c2ccccc12. The first-order valence-electron chi connectivity index (χ1n) is 5.84. The lowest BCUT2D eigenvalue weighted by molar-refractivity contribution is 0.102. The first-order valence-corrected chi connectivity index (χ1v) is 5.84. The number of hydrogen-bond acceptors (Lipinski definition) is 4. The number of benzene rings is 1. The van der Waals surface area contributed by atoms with Crippen molar-refractivity contribution in [2.45, 2.75) is 13.8 Å². The highest BCUT2D eigenvalue weighted by atomic mass is 16.5. The highest BCUT2D eigenvalue weighted by Crippen LogP contribution is 2.21. The van der Waals surface area contributed by atoms with E-state index in [0.29, 0.717) is 22.8 Å². The number of aromatic amines is 1. The van der Waals surface area contributed by atoms with Gasteiger partial charge in [-0.3, -0.25) is 9.89 Å². The van der Waals surface area contributed by atoms with E-state index in [4.69, 9.17) is 4.52 Å². The van der Waals surface area contributed by atoms with Crippen molar-refractivity contribution >= 4 is 22.5 Å². The van der Waals surface area contributed by atoms with Crippen molar-refractivity contribution < 1.29 is 9.32 Å². The summed E-state index contributed by atoms with van der Waals surface area (Å²) in [5.74, 6) is 0.289. The van der Waals surface area contributed by atoms with Gasteiger partial charge in [0, 0.05) is 5.39 Å². The molecule has 0 spiro atoms. The molecule has 0 bridgehead atoms. The molecule has 0 aliphatic rings. The number of H-pyrrole nitrogens is 1. The van der Waals surface area contributed by atoms with E-state index >= 15 is 0 Å². The number of para-hydroxylation sites is 1. The molecule has 0 unspecified atom stereocenters. The Morgan fingerprint density at radius 1 is 1.32 bits per heavy atom. The van der Waals surface area contributed by atoms with Gasteiger partial charge in [0.05, 0.1) is 5.52 Å². The molecule has 3 rings (SSSR count). The topological polar surface area (TPSA) is 83.8 Å². The Hall–Kier alpha value is -2.63. The fourth-order valence-corrected chi connectivity index (χ4v) is 1.97. The number of amides is 1. The van der Waals surface area contributed by atoms with E-state index < -0.39 is 0 Å². The van der Waals surface area contributed by atoms with Gasteiger partial charge in [0.1, 0.15) is 11.4 Å². The number of rotatable bonds is 2. The quantitative estimate of drug-likeness (QED) is 0.737. The van der Waals surface area contributed by atoms with E-state index in [-0.39, 0.29) is 5.91 Å². The van der Waals surface area contributed by atoms with E-state index in [1.54, 1.807) is 13.8 Å². The Kier molecular flexibility index (Phi) is 2.56. The van der Waals surface area contributed by atoms with Gasteiger partial charge in [-0.1, -0.05) is 23.4 Å². The van der Waals surface area contributed by atoms with Crippen molar-refractivity contribution in [1.82, 2.24) is 15.4 Å². The molecule has 2 N–H and O–H groups in total. The third kappa shape index (κ3) is 1.87. The molecule has 0 aliphatic heterocycles. The molecule has 0 fully saturated rings. The number of aromatic nitrogens is 3. The number of nitrogens with zero attached hydrogens (tertiary/aromatic N) is 2. The normalized spacial score (nSPS) is 10.8. The first-order chi connectivity index (χ1) is 9.16. The summed E-state index contributed by atoms with van der Waals surface area (Å²) >= 11 is 0. The Bertz CT molecular complexity index is 737. The van der Waals surface area contributed by atoms with Crippen molar-refractivity contribution in [3.8, 4) is 0 Å². The maximum absolute atomic E-state index is 12.2. The van der Waals surface area contributed by atoms with Crippen LogP contribution in [0.25, 0.3) is 10.9 Å². The molecule has 0 saturated carbocycles. The predicted molar refractivity (Wildman–Crippen MR) is 70.0 cm³/mol. The number of carbonyl (C=O) groups is 1. The molecule has 0 saturated heterocycles. The van der Waals surface area contributed by atoms with Crippen LogP contribution in [0.5, 0.6) is 0 Å². The van der Waals surface area contributed by atoms with Crippen LogP contribution in [0.15, 0.2) is 28.8 Å². The van der Waals surface area contributed by atoms with Crippen LogP contribution in [0.1, 0.15) is 21.9 Å². The largest absolute Gasteiger partial charge is 0.359 e. The number of nitrogens with one attached hydrogen (secondary N) is 2. The average Bonchev–Trinajstić information content (AvgIpc) is 2.97. The summed E-state index contributed by atoms with van der Waals surface area (Å²) in [4.78, 5) is 12.2. The number of hydrogen-bond donors (Lipinski definition) is 2. The summed E-state index contributed by atoms with van der Waals surface area (Å²) in [5, 5.41) is 14.2. The summed E-state index contributed by atoms with van der Waals surface area (Å²) in [6, 6.07) is 7.47. The molecule has 2 aromatic heterocycles. The second kappa shape index (κ2) is 4.24. The van der Waals surface area contributed by atoms with Gasteiger partial charge in [-0.25, -0.2) is 0 Å². The molecule has 1 amide bonds. The minimum Gasteiger partial charge on any atom is -0.359 e. The van der Waals surface area contributed by atoms with E-state index in [2.05, 4.69) is 20.7 Å². The maximum Gasteiger partial charge on any atom is 0.276 e. The molecule has 0 aliphatic carbocycles. The van der Waals surface area contributed by atoms with Crippen LogP contribution in [-0.2, 0) is 0 Å².